The van der Waals surface area contributed by atoms with Crippen molar-refractivity contribution in [3.8, 4) is 11.5 Å². The minimum absolute atomic E-state index is 0. The maximum absolute atomic E-state index is 11.8. The zero-order valence-electron chi connectivity index (χ0n) is 35.3. The number of nitrogens with zero attached hydrogens (tertiary/aromatic N) is 2. The van der Waals surface area contributed by atoms with Gasteiger partial charge in [0.25, 0.3) is 11.8 Å². The van der Waals surface area contributed by atoms with Crippen LogP contribution in [0.5, 0.6) is 11.5 Å². The fourth-order valence-electron chi connectivity index (χ4n) is 2.82. The molecule has 26 heteroatoms. The third-order valence-corrected chi connectivity index (χ3v) is 5.38. The molecule has 2 aromatic heterocycles. The molecule has 4 aromatic rings. The molecule has 2 aromatic carbocycles. The number of aromatic nitrogens is 2. The molecule has 2 heterocycles. The molecule has 0 aliphatic rings. The average molecular weight is 1230 g/mol. The second-order valence-electron chi connectivity index (χ2n) is 9.27. The number of hydrogen-bond donors (Lipinski definition) is 8. The number of H-pyrrole nitrogens is 2. The monoisotopic (exact) mass is 1240 g/mol. The van der Waals surface area contributed by atoms with Crippen molar-refractivity contribution in [2.75, 3.05) is 28.4 Å². The number of aromatic amines is 2. The Labute approximate surface area is 439 Å². The number of benzene rings is 2. The molecule has 2 amide bonds. The van der Waals surface area contributed by atoms with E-state index in [0.717, 1.165) is 56.1 Å². The number of pyridine rings is 2. The molecule has 0 fully saturated rings. The second kappa shape index (κ2) is 54.5. The van der Waals surface area contributed by atoms with Crippen LogP contribution in [0.25, 0.3) is 0 Å². The number of hydrazone groups is 2. The van der Waals surface area contributed by atoms with Crippen molar-refractivity contribution in [2.45, 2.75) is 27.7 Å². The predicted octanol–water partition coefficient (Wildman–Crippen LogP) is -3.38. The Hall–Kier alpha value is -4.67. The number of carboxylic acid groups (broad SMARTS) is 4. The van der Waals surface area contributed by atoms with Crippen molar-refractivity contribution >= 4 is 72.6 Å². The van der Waals surface area contributed by atoms with E-state index in [1.165, 1.54) is 24.6 Å². The molecule has 0 aliphatic heterocycles. The molecule has 4 rings (SSSR count). The topological polar surface area (TPSA) is 402 Å². The normalized spacial score (nSPS) is 8.19. The Morgan fingerprint density at radius 2 is 0.734 bits per heavy atom. The summed E-state index contributed by atoms with van der Waals surface area (Å²) in [4.78, 5) is 64.6. The Kier molecular flexibility index (Phi) is 65.2. The van der Waals surface area contributed by atoms with Gasteiger partial charge in [-0.15, -0.1) is 0 Å². The summed E-state index contributed by atoms with van der Waals surface area (Å²) in [5, 5.41) is 93.8. The van der Waals surface area contributed by atoms with E-state index in [0.29, 0.717) is 31.5 Å². The van der Waals surface area contributed by atoms with E-state index in [-0.39, 0.29) is 87.8 Å². The van der Waals surface area contributed by atoms with E-state index < -0.39 is 35.7 Å². The van der Waals surface area contributed by atoms with Gasteiger partial charge in [-0.05, 0) is 63.1 Å². The maximum Gasteiger partial charge on any atom is 3.00 e. The van der Waals surface area contributed by atoms with Crippen molar-refractivity contribution in [3.05, 3.63) is 117 Å². The van der Waals surface area contributed by atoms with Gasteiger partial charge >= 0.3 is 76.3 Å². The number of aliphatic hydroxyl groups is 4. The van der Waals surface area contributed by atoms with Crippen LogP contribution in [-0.4, -0.2) is 107 Å². The van der Waals surface area contributed by atoms with Crippen LogP contribution >= 0.6 is 24.4 Å². The number of carboxylic acids is 4. The van der Waals surface area contributed by atoms with Crippen LogP contribution in [0.4, 0.5) is 0 Å². The molecule has 0 atom stereocenters. The fraction of sp³-hybridized carbons (Fsp3) is 0.211. The summed E-state index contributed by atoms with van der Waals surface area (Å²) < 4.78 is 0.666. The van der Waals surface area contributed by atoms with Gasteiger partial charge in [-0.3, -0.25) is 9.59 Å². The Balaban J connectivity index is -0.000000108. The van der Waals surface area contributed by atoms with Gasteiger partial charge in [0.05, 0.1) is 23.6 Å². The number of aliphatic carboxylic acids is 4. The van der Waals surface area contributed by atoms with Crippen molar-refractivity contribution in [1.29, 1.82) is 0 Å². The van der Waals surface area contributed by atoms with Gasteiger partial charge in [-0.25, -0.2) is 10.9 Å². The molecule has 358 valence electrons. The molecule has 0 spiro atoms. The number of aliphatic hydroxyl groups excluding tert-OH is 4. The SMILES string of the molecule is CC(=O)[O-].CC(=O)[O-].CC(=O)[O-].CC(=O)[O-].CO.CO.CO.CO.O=C(N/N=C/c1ccccc1[O-])c1ccc[nH]c1=S.O=C(N/N=C/c1ccccc1[O-])c1ccc[nH]c1=S.[Dy+3].[Dy+3]. The minimum atomic E-state index is -1.08. The number of carbonyl (C=O) groups excluding carboxylic acids is 6. The summed E-state index contributed by atoms with van der Waals surface area (Å²) in [7, 11) is 4.00. The number of amides is 2. The number of nitrogens with one attached hydrogen (secondary N) is 4. The molecule has 0 bridgehead atoms. The van der Waals surface area contributed by atoms with E-state index in [2.05, 4.69) is 31.0 Å². The standard InChI is InChI=1S/2C13H11N3O2S.4C2H4O2.4CH4O.2Dy/c2*17-11-6-2-1-4-9(11)8-15-16-12(18)10-5-3-7-14-13(10)19;4*1-2(3)4;4*1-2;;/h2*1-8,17H,(H,14,19)(H,16,18);4*1H3,(H,3,4);4*2H,1H3;;/q;;;;;;;;;;2*+3/p-6/b2*15-8+;;;;;;;;;;. The molecule has 2 radical (unpaired) electrons. The van der Waals surface area contributed by atoms with Gasteiger partial charge in [-0.2, -0.15) is 10.2 Å². The van der Waals surface area contributed by atoms with Gasteiger partial charge in [0.15, 0.2) is 0 Å². The Morgan fingerprint density at radius 1 is 0.500 bits per heavy atom. The quantitative estimate of drug-likeness (QED) is 0.0530. The first-order valence-electron chi connectivity index (χ1n) is 16.3. The molecule has 22 nitrogen and oxygen atoms in total. The van der Waals surface area contributed by atoms with Crippen LogP contribution in [0.3, 0.4) is 0 Å². The number of para-hydroxylation sites is 2. The second-order valence-corrected chi connectivity index (χ2v) is 10.1. The van der Waals surface area contributed by atoms with Crippen molar-refractivity contribution in [2.24, 2.45) is 10.2 Å². The number of carbonyl (C=O) groups is 6. The van der Waals surface area contributed by atoms with Gasteiger partial charge in [0, 0.05) is 64.7 Å². The number of rotatable bonds is 6. The van der Waals surface area contributed by atoms with Gasteiger partial charge in [0.1, 0.15) is 9.28 Å². The van der Waals surface area contributed by atoms with Crippen LogP contribution in [0.2, 0.25) is 0 Å². The zero-order chi connectivity index (χ0) is 49.6. The van der Waals surface area contributed by atoms with E-state index in [4.69, 9.17) is 84.5 Å². The fourth-order valence-corrected chi connectivity index (χ4v) is 3.27. The van der Waals surface area contributed by atoms with Crippen LogP contribution in [-0.2, 0) is 19.2 Å². The minimum Gasteiger partial charge on any atom is -0.872 e. The average Bonchev–Trinajstić information content (AvgIpc) is 3.22. The summed E-state index contributed by atoms with van der Waals surface area (Å²) >= 11 is 9.95. The van der Waals surface area contributed by atoms with E-state index in [1.807, 2.05) is 0 Å². The molecule has 0 saturated heterocycles. The van der Waals surface area contributed by atoms with E-state index >= 15 is 0 Å². The van der Waals surface area contributed by atoms with Crippen molar-refractivity contribution in [1.82, 2.24) is 20.8 Å². The van der Waals surface area contributed by atoms with Crippen LogP contribution in [0.1, 0.15) is 59.5 Å². The van der Waals surface area contributed by atoms with Crippen molar-refractivity contribution in [3.63, 3.8) is 0 Å². The van der Waals surface area contributed by atoms with Gasteiger partial charge in [0.2, 0.25) is 0 Å². The van der Waals surface area contributed by atoms with Gasteiger partial charge in [-0.1, -0.05) is 84.5 Å². The molecular formula is C38H48Dy2N6O16S2. The predicted molar refractivity (Wildman–Crippen MR) is 220 cm³/mol. The molecule has 8 N–H and O–H groups in total. The van der Waals surface area contributed by atoms with Crippen molar-refractivity contribution < 1.29 is 156 Å². The first kappa shape index (κ1) is 76.6. The van der Waals surface area contributed by atoms with Gasteiger partial charge < -0.3 is 80.2 Å². The molecule has 0 unspecified atom stereocenters. The molecule has 0 saturated carbocycles. The van der Waals surface area contributed by atoms with E-state index in [9.17, 15) is 19.8 Å². The van der Waals surface area contributed by atoms with Crippen LogP contribution < -0.4 is 41.5 Å². The molecule has 0 aliphatic carbocycles. The Morgan fingerprint density at radius 3 is 0.953 bits per heavy atom. The largest absolute Gasteiger partial charge is 3.00 e. The third-order valence-electron chi connectivity index (χ3n) is 4.70. The summed E-state index contributed by atoms with van der Waals surface area (Å²) in [5.74, 6) is -5.50. The zero-order valence-corrected chi connectivity index (χ0v) is 41.0. The smallest absolute Gasteiger partial charge is 0.872 e. The summed E-state index contributed by atoms with van der Waals surface area (Å²) in [6, 6.07) is 19.3. The number of hydrogen-bond acceptors (Lipinski definition) is 20. The summed E-state index contributed by atoms with van der Waals surface area (Å²) in [6.45, 7) is 3.89. The Bertz CT molecular complexity index is 1850. The molecule has 64 heavy (non-hydrogen) atoms. The first-order chi connectivity index (χ1) is 29.3. The maximum atomic E-state index is 11.8. The van der Waals surface area contributed by atoms with Crippen LogP contribution in [0.15, 0.2) is 95.4 Å². The third kappa shape index (κ3) is 51.7. The first-order valence-corrected chi connectivity index (χ1v) is 17.1. The molecular weight excluding hydrogens is 1190 g/mol. The summed E-state index contributed by atoms with van der Waals surface area (Å²) in [6.07, 6.45) is 5.87. The van der Waals surface area contributed by atoms with Crippen LogP contribution in [0, 0.1) is 85.6 Å². The summed E-state index contributed by atoms with van der Waals surface area (Å²) in [5.41, 5.74) is 6.10. The van der Waals surface area contributed by atoms with E-state index in [1.54, 1.807) is 73.1 Å².